The Morgan fingerprint density at radius 3 is 2.57 bits per heavy atom. The monoisotopic (exact) mass is 297 g/mol. The van der Waals surface area contributed by atoms with Crippen LogP contribution in [0.3, 0.4) is 0 Å². The predicted octanol–water partition coefficient (Wildman–Crippen LogP) is 4.25. The number of rotatable bonds is 2. The Labute approximate surface area is 127 Å². The van der Waals surface area contributed by atoms with Gasteiger partial charge in [-0.15, -0.1) is 11.3 Å². The second kappa shape index (κ2) is 5.22. The smallest absolute Gasteiger partial charge is 0.350 e. The molecule has 1 heterocycles. The van der Waals surface area contributed by atoms with Gasteiger partial charge in [0, 0.05) is 10.4 Å². The lowest BCUT2D eigenvalue weighted by molar-refractivity contribution is 0.0607. The van der Waals surface area contributed by atoms with Gasteiger partial charge in [0.05, 0.1) is 12.8 Å². The fraction of sp³-hybridized carbons (Fsp3) is 0.118. The molecule has 4 heteroatoms. The Kier molecular flexibility index (Phi) is 3.39. The van der Waals surface area contributed by atoms with Gasteiger partial charge < -0.3 is 10.5 Å². The van der Waals surface area contributed by atoms with Gasteiger partial charge in [-0.05, 0) is 29.3 Å². The minimum absolute atomic E-state index is 0.382. The molecule has 3 nitrogen and oxygen atoms in total. The van der Waals surface area contributed by atoms with Crippen molar-refractivity contribution in [2.24, 2.45) is 0 Å². The van der Waals surface area contributed by atoms with Crippen molar-refractivity contribution in [3.05, 3.63) is 52.2 Å². The zero-order valence-electron chi connectivity index (χ0n) is 11.8. The molecule has 0 fully saturated rings. The van der Waals surface area contributed by atoms with Gasteiger partial charge in [0.1, 0.15) is 4.88 Å². The van der Waals surface area contributed by atoms with Gasteiger partial charge in [-0.2, -0.15) is 0 Å². The molecular weight excluding hydrogens is 282 g/mol. The van der Waals surface area contributed by atoms with Crippen LogP contribution >= 0.6 is 11.3 Å². The quantitative estimate of drug-likeness (QED) is 0.720. The summed E-state index contributed by atoms with van der Waals surface area (Å²) in [7, 11) is 1.37. The third kappa shape index (κ3) is 2.28. The molecule has 0 aliphatic carbocycles. The first-order chi connectivity index (χ1) is 10.1. The molecule has 0 aliphatic rings. The number of esters is 1. The van der Waals surface area contributed by atoms with Crippen LogP contribution in [0.4, 0.5) is 5.69 Å². The Morgan fingerprint density at radius 1 is 1.14 bits per heavy atom. The molecule has 0 unspecified atom stereocenters. The second-order valence-corrected chi connectivity index (χ2v) is 6.05. The van der Waals surface area contributed by atoms with E-state index in [9.17, 15) is 4.79 Å². The van der Waals surface area contributed by atoms with Gasteiger partial charge in [0.2, 0.25) is 0 Å². The van der Waals surface area contributed by atoms with Crippen molar-refractivity contribution in [2.75, 3.05) is 12.8 Å². The number of nitrogen functional groups attached to an aromatic ring is 1. The van der Waals surface area contributed by atoms with Crippen molar-refractivity contribution in [3.8, 4) is 11.1 Å². The molecule has 106 valence electrons. The normalized spacial score (nSPS) is 10.8. The van der Waals surface area contributed by atoms with E-state index in [1.807, 2.05) is 25.1 Å². The number of methoxy groups -OCH3 is 1. The van der Waals surface area contributed by atoms with E-state index >= 15 is 0 Å². The maximum absolute atomic E-state index is 11.8. The highest BCUT2D eigenvalue weighted by atomic mass is 32.1. The average molecular weight is 297 g/mol. The number of ether oxygens (including phenoxy) is 1. The first-order valence-electron chi connectivity index (χ1n) is 6.58. The topological polar surface area (TPSA) is 52.3 Å². The first-order valence-corrected chi connectivity index (χ1v) is 7.40. The maximum Gasteiger partial charge on any atom is 0.350 e. The van der Waals surface area contributed by atoms with E-state index in [0.29, 0.717) is 10.6 Å². The van der Waals surface area contributed by atoms with Gasteiger partial charge in [-0.1, -0.05) is 36.4 Å². The van der Waals surface area contributed by atoms with Gasteiger partial charge in [-0.3, -0.25) is 0 Å². The average Bonchev–Trinajstić information content (AvgIpc) is 2.81. The fourth-order valence-electron chi connectivity index (χ4n) is 2.51. The van der Waals surface area contributed by atoms with E-state index in [4.69, 9.17) is 10.5 Å². The van der Waals surface area contributed by atoms with Crippen LogP contribution in [-0.2, 0) is 4.74 Å². The number of thiophene rings is 1. The highest BCUT2D eigenvalue weighted by Gasteiger charge is 2.20. The van der Waals surface area contributed by atoms with E-state index < -0.39 is 0 Å². The van der Waals surface area contributed by atoms with E-state index in [-0.39, 0.29) is 5.97 Å². The van der Waals surface area contributed by atoms with Gasteiger partial charge in [0.15, 0.2) is 0 Å². The summed E-state index contributed by atoms with van der Waals surface area (Å²) in [5, 5.41) is 2.33. The van der Waals surface area contributed by atoms with Crippen molar-refractivity contribution in [2.45, 2.75) is 6.92 Å². The van der Waals surface area contributed by atoms with Crippen LogP contribution in [0.2, 0.25) is 0 Å². The summed E-state index contributed by atoms with van der Waals surface area (Å²) in [6, 6.07) is 14.4. The highest BCUT2D eigenvalue weighted by Crippen LogP contribution is 2.39. The standard InChI is InChI=1S/C17H15NO2S/c1-10-14(15(18)16(21-10)17(19)20-2)13-8-7-11-5-3-4-6-12(11)9-13/h3-9H,18H2,1-2H3. The summed E-state index contributed by atoms with van der Waals surface area (Å²) in [4.78, 5) is 13.2. The van der Waals surface area contributed by atoms with Crippen molar-refractivity contribution in [3.63, 3.8) is 0 Å². The lowest BCUT2D eigenvalue weighted by Gasteiger charge is -2.05. The Balaban J connectivity index is 2.18. The van der Waals surface area contributed by atoms with Crippen LogP contribution in [-0.4, -0.2) is 13.1 Å². The lowest BCUT2D eigenvalue weighted by Crippen LogP contribution is -2.02. The molecule has 3 aromatic rings. The van der Waals surface area contributed by atoms with Crippen LogP contribution in [0.25, 0.3) is 21.9 Å². The van der Waals surface area contributed by atoms with Gasteiger partial charge >= 0.3 is 5.97 Å². The SMILES string of the molecule is COC(=O)c1sc(C)c(-c2ccc3ccccc3c2)c1N. The van der Waals surface area contributed by atoms with E-state index in [0.717, 1.165) is 21.4 Å². The molecular formula is C17H15NO2S. The molecule has 1 aromatic heterocycles. The van der Waals surface area contributed by atoms with Crippen LogP contribution in [0.15, 0.2) is 42.5 Å². The van der Waals surface area contributed by atoms with Crippen molar-refractivity contribution >= 4 is 33.8 Å². The molecule has 0 aliphatic heterocycles. The second-order valence-electron chi connectivity index (χ2n) is 4.83. The molecule has 3 rings (SSSR count). The van der Waals surface area contributed by atoms with E-state index in [1.165, 1.54) is 23.8 Å². The minimum atomic E-state index is -0.382. The van der Waals surface area contributed by atoms with Crippen LogP contribution in [0.1, 0.15) is 14.5 Å². The Hall–Kier alpha value is -2.33. The Bertz CT molecular complexity index is 836. The summed E-state index contributed by atoms with van der Waals surface area (Å²) >= 11 is 1.37. The molecule has 0 saturated heterocycles. The molecule has 0 amide bonds. The molecule has 0 bridgehead atoms. The summed E-state index contributed by atoms with van der Waals surface area (Å²) < 4.78 is 4.78. The third-order valence-electron chi connectivity index (χ3n) is 3.53. The van der Waals surface area contributed by atoms with E-state index in [1.54, 1.807) is 0 Å². The van der Waals surface area contributed by atoms with Gasteiger partial charge in [-0.25, -0.2) is 4.79 Å². The molecule has 0 atom stereocenters. The summed E-state index contributed by atoms with van der Waals surface area (Å²) in [6.07, 6.45) is 0. The number of fused-ring (bicyclic) bond motifs is 1. The zero-order chi connectivity index (χ0) is 15.0. The molecule has 2 N–H and O–H groups in total. The van der Waals surface area contributed by atoms with Crippen molar-refractivity contribution < 1.29 is 9.53 Å². The fourth-order valence-corrected chi connectivity index (χ4v) is 3.52. The van der Waals surface area contributed by atoms with Gasteiger partial charge in [0.25, 0.3) is 0 Å². The predicted molar refractivity (Wildman–Crippen MR) is 87.7 cm³/mol. The Morgan fingerprint density at radius 2 is 1.86 bits per heavy atom. The molecule has 0 spiro atoms. The number of nitrogens with two attached hydrogens (primary N) is 1. The first kappa shape index (κ1) is 13.6. The molecule has 2 aromatic carbocycles. The van der Waals surface area contributed by atoms with Crippen molar-refractivity contribution in [1.82, 2.24) is 0 Å². The van der Waals surface area contributed by atoms with Crippen molar-refractivity contribution in [1.29, 1.82) is 0 Å². The third-order valence-corrected chi connectivity index (χ3v) is 4.63. The van der Waals surface area contributed by atoms with E-state index in [2.05, 4.69) is 24.3 Å². The number of anilines is 1. The summed E-state index contributed by atoms with van der Waals surface area (Å²) in [5.74, 6) is -0.382. The number of carbonyl (C=O) groups is 1. The van der Waals surface area contributed by atoms with Crippen LogP contribution in [0, 0.1) is 6.92 Å². The lowest BCUT2D eigenvalue weighted by atomic mass is 10.0. The minimum Gasteiger partial charge on any atom is -0.465 e. The number of benzene rings is 2. The highest BCUT2D eigenvalue weighted by molar-refractivity contribution is 7.15. The summed E-state index contributed by atoms with van der Waals surface area (Å²) in [6.45, 7) is 1.97. The zero-order valence-corrected chi connectivity index (χ0v) is 12.7. The maximum atomic E-state index is 11.8. The number of hydrogen-bond donors (Lipinski definition) is 1. The number of hydrogen-bond acceptors (Lipinski definition) is 4. The molecule has 0 saturated carbocycles. The number of aryl methyl sites for hydroxylation is 1. The number of carbonyl (C=O) groups excluding carboxylic acids is 1. The molecule has 21 heavy (non-hydrogen) atoms. The largest absolute Gasteiger partial charge is 0.465 e. The van der Waals surface area contributed by atoms with Crippen LogP contribution in [0.5, 0.6) is 0 Å². The summed E-state index contributed by atoms with van der Waals surface area (Å²) in [5.41, 5.74) is 8.61. The van der Waals surface area contributed by atoms with Crippen LogP contribution < -0.4 is 5.73 Å². The molecule has 0 radical (unpaired) electrons.